The highest BCUT2D eigenvalue weighted by Gasteiger charge is 2.24. The molecule has 6 nitrogen and oxygen atoms in total. The van der Waals surface area contributed by atoms with Crippen LogP contribution in [0.15, 0.2) is 29.2 Å². The second-order valence-electron chi connectivity index (χ2n) is 5.10. The summed E-state index contributed by atoms with van der Waals surface area (Å²) in [6.07, 6.45) is 1.21. The summed E-state index contributed by atoms with van der Waals surface area (Å²) >= 11 is 0. The molecule has 0 saturated carbocycles. The molecule has 1 amide bonds. The number of rotatable bonds is 6. The molecule has 1 heterocycles. The van der Waals surface area contributed by atoms with Gasteiger partial charge in [0.15, 0.2) is 0 Å². The number of carbonyl (C=O) groups is 1. The third-order valence-corrected chi connectivity index (χ3v) is 5.75. The van der Waals surface area contributed by atoms with Gasteiger partial charge in [-0.25, -0.2) is 8.42 Å². The summed E-state index contributed by atoms with van der Waals surface area (Å²) in [6.45, 7) is 5.07. The van der Waals surface area contributed by atoms with Gasteiger partial charge >= 0.3 is 0 Å². The minimum absolute atomic E-state index is 0.183. The number of sulfonamides is 1. The quantitative estimate of drug-likeness (QED) is 0.865. The van der Waals surface area contributed by atoms with Gasteiger partial charge in [-0.15, -0.1) is 0 Å². The number of nitrogens with one attached hydrogen (secondary N) is 1. The van der Waals surface area contributed by atoms with Gasteiger partial charge in [0.1, 0.15) is 6.10 Å². The van der Waals surface area contributed by atoms with Crippen LogP contribution in [0.5, 0.6) is 0 Å². The lowest BCUT2D eigenvalue weighted by Crippen LogP contribution is -2.30. The lowest BCUT2D eigenvalue weighted by atomic mass is 10.2. The minimum atomic E-state index is -3.47. The highest BCUT2D eigenvalue weighted by atomic mass is 32.2. The molecule has 1 fully saturated rings. The van der Waals surface area contributed by atoms with Gasteiger partial charge in [-0.2, -0.15) is 4.31 Å². The average molecular weight is 326 g/mol. The standard InChI is InChI=1S/C15H22N2O4S/c1-3-17(4-2)22(19,20)13-9-7-12(8-10-13)16-15(18)14-6-5-11-21-14/h7-10,14H,3-6,11H2,1-2H3,(H,16,18)/t14-/m1/s1. The van der Waals surface area contributed by atoms with Crippen molar-refractivity contribution in [3.8, 4) is 0 Å². The van der Waals surface area contributed by atoms with Gasteiger partial charge in [-0.1, -0.05) is 13.8 Å². The fourth-order valence-corrected chi connectivity index (χ4v) is 3.89. The third-order valence-electron chi connectivity index (χ3n) is 3.69. The van der Waals surface area contributed by atoms with E-state index in [4.69, 9.17) is 4.74 Å². The van der Waals surface area contributed by atoms with Crippen molar-refractivity contribution in [2.75, 3.05) is 25.0 Å². The lowest BCUT2D eigenvalue weighted by molar-refractivity contribution is -0.124. The fourth-order valence-electron chi connectivity index (χ4n) is 2.43. The molecule has 0 spiro atoms. The Labute approximate surface area is 131 Å². The van der Waals surface area contributed by atoms with Crippen LogP contribution < -0.4 is 5.32 Å². The van der Waals surface area contributed by atoms with Gasteiger partial charge in [0.25, 0.3) is 5.91 Å². The lowest BCUT2D eigenvalue weighted by Gasteiger charge is -2.18. The van der Waals surface area contributed by atoms with Gasteiger partial charge < -0.3 is 10.1 Å². The molecule has 1 aromatic rings. The van der Waals surface area contributed by atoms with E-state index in [1.165, 1.54) is 16.4 Å². The van der Waals surface area contributed by atoms with Crippen LogP contribution in [0.3, 0.4) is 0 Å². The van der Waals surface area contributed by atoms with Gasteiger partial charge in [0, 0.05) is 25.4 Å². The maximum atomic E-state index is 12.4. The number of benzene rings is 1. The van der Waals surface area contributed by atoms with Crippen molar-refractivity contribution in [3.63, 3.8) is 0 Å². The molecular formula is C15H22N2O4S. The third kappa shape index (κ3) is 3.66. The largest absolute Gasteiger partial charge is 0.368 e. The van der Waals surface area contributed by atoms with Gasteiger partial charge in [0.05, 0.1) is 4.90 Å². The van der Waals surface area contributed by atoms with Gasteiger partial charge in [0.2, 0.25) is 10.0 Å². The second kappa shape index (κ2) is 7.21. The van der Waals surface area contributed by atoms with Crippen LogP contribution >= 0.6 is 0 Å². The molecule has 122 valence electrons. The van der Waals surface area contributed by atoms with Crippen LogP contribution in [0.2, 0.25) is 0 Å². The Morgan fingerprint density at radius 2 is 1.91 bits per heavy atom. The summed E-state index contributed by atoms with van der Waals surface area (Å²) in [5, 5.41) is 2.75. The molecule has 0 aliphatic carbocycles. The summed E-state index contributed by atoms with van der Waals surface area (Å²) in [5.41, 5.74) is 0.569. The highest BCUT2D eigenvalue weighted by Crippen LogP contribution is 2.19. The van der Waals surface area contributed by atoms with E-state index in [0.717, 1.165) is 12.8 Å². The molecule has 2 rings (SSSR count). The summed E-state index contributed by atoms with van der Waals surface area (Å²) in [5.74, 6) is -0.183. The Balaban J connectivity index is 2.08. The van der Waals surface area contributed by atoms with Crippen LogP contribution in [-0.2, 0) is 19.6 Å². The van der Waals surface area contributed by atoms with E-state index in [0.29, 0.717) is 25.4 Å². The van der Waals surface area contributed by atoms with Crippen LogP contribution in [0.4, 0.5) is 5.69 Å². The van der Waals surface area contributed by atoms with E-state index in [1.807, 2.05) is 0 Å². The van der Waals surface area contributed by atoms with Crippen molar-refractivity contribution in [1.82, 2.24) is 4.31 Å². The van der Waals surface area contributed by atoms with Crippen LogP contribution in [0.25, 0.3) is 0 Å². The van der Waals surface area contributed by atoms with Crippen LogP contribution in [0, 0.1) is 0 Å². The smallest absolute Gasteiger partial charge is 0.253 e. The van der Waals surface area contributed by atoms with Crippen LogP contribution in [-0.4, -0.2) is 44.4 Å². The van der Waals surface area contributed by atoms with E-state index in [2.05, 4.69) is 5.32 Å². The molecule has 1 saturated heterocycles. The van der Waals surface area contributed by atoms with Crippen molar-refractivity contribution < 1.29 is 17.9 Å². The maximum absolute atomic E-state index is 12.4. The van der Waals surface area contributed by atoms with Crippen molar-refractivity contribution in [3.05, 3.63) is 24.3 Å². The first-order valence-corrected chi connectivity index (χ1v) is 8.95. The average Bonchev–Trinajstić information content (AvgIpc) is 3.03. The molecule has 1 atom stereocenters. The monoisotopic (exact) mass is 326 g/mol. The van der Waals surface area contributed by atoms with Crippen molar-refractivity contribution in [2.45, 2.75) is 37.7 Å². The van der Waals surface area contributed by atoms with Crippen molar-refractivity contribution >= 4 is 21.6 Å². The number of nitrogens with zero attached hydrogens (tertiary/aromatic N) is 1. The molecule has 0 unspecified atom stereocenters. The Bertz CT molecular complexity index is 603. The Hall–Kier alpha value is -1.44. The first kappa shape index (κ1) is 16.9. The fraction of sp³-hybridized carbons (Fsp3) is 0.533. The molecular weight excluding hydrogens is 304 g/mol. The van der Waals surface area contributed by atoms with E-state index >= 15 is 0 Å². The summed E-state index contributed by atoms with van der Waals surface area (Å²) in [6, 6.07) is 6.23. The van der Waals surface area contributed by atoms with Gasteiger partial charge in [-0.05, 0) is 37.1 Å². The molecule has 22 heavy (non-hydrogen) atoms. The molecule has 7 heteroatoms. The number of anilines is 1. The molecule has 0 aromatic heterocycles. The highest BCUT2D eigenvalue weighted by molar-refractivity contribution is 7.89. The molecule has 1 aliphatic rings. The minimum Gasteiger partial charge on any atom is -0.368 e. The summed E-state index contributed by atoms with van der Waals surface area (Å²) < 4.78 is 31.4. The molecule has 1 aliphatic heterocycles. The first-order chi connectivity index (χ1) is 10.5. The molecule has 0 bridgehead atoms. The van der Waals surface area contributed by atoms with E-state index in [-0.39, 0.29) is 10.8 Å². The van der Waals surface area contributed by atoms with E-state index < -0.39 is 16.1 Å². The zero-order chi connectivity index (χ0) is 16.2. The van der Waals surface area contributed by atoms with Crippen molar-refractivity contribution in [2.24, 2.45) is 0 Å². The predicted octanol–water partition coefficient (Wildman–Crippen LogP) is 1.83. The normalized spacial score (nSPS) is 18.6. The topological polar surface area (TPSA) is 75.7 Å². The molecule has 1 aromatic carbocycles. The number of carbonyl (C=O) groups excluding carboxylic acids is 1. The number of ether oxygens (including phenoxy) is 1. The van der Waals surface area contributed by atoms with Crippen molar-refractivity contribution in [1.29, 1.82) is 0 Å². The summed E-state index contributed by atoms with van der Waals surface area (Å²) in [4.78, 5) is 12.2. The zero-order valence-electron chi connectivity index (χ0n) is 12.9. The molecule has 0 radical (unpaired) electrons. The number of amides is 1. The predicted molar refractivity (Wildman–Crippen MR) is 84.2 cm³/mol. The Kier molecular flexibility index (Phi) is 5.55. The molecule has 1 N–H and O–H groups in total. The Morgan fingerprint density at radius 3 is 2.41 bits per heavy atom. The van der Waals surface area contributed by atoms with Crippen LogP contribution in [0.1, 0.15) is 26.7 Å². The number of hydrogen-bond donors (Lipinski definition) is 1. The maximum Gasteiger partial charge on any atom is 0.253 e. The second-order valence-corrected chi connectivity index (χ2v) is 7.04. The summed E-state index contributed by atoms with van der Waals surface area (Å²) in [7, 11) is -3.47. The van der Waals surface area contributed by atoms with E-state index in [9.17, 15) is 13.2 Å². The zero-order valence-corrected chi connectivity index (χ0v) is 13.7. The van der Waals surface area contributed by atoms with E-state index in [1.54, 1.807) is 26.0 Å². The number of hydrogen-bond acceptors (Lipinski definition) is 4. The Morgan fingerprint density at radius 1 is 1.27 bits per heavy atom. The first-order valence-electron chi connectivity index (χ1n) is 7.51. The SMILES string of the molecule is CCN(CC)S(=O)(=O)c1ccc(NC(=O)[C@H]2CCCO2)cc1. The van der Waals surface area contributed by atoms with Gasteiger partial charge in [-0.3, -0.25) is 4.79 Å².